The number of aliphatic hydroxyl groups is 1. The molecule has 0 fully saturated rings. The van der Waals surface area contributed by atoms with E-state index in [0.29, 0.717) is 6.54 Å². The lowest BCUT2D eigenvalue weighted by Crippen LogP contribution is -2.39. The fraction of sp³-hybridized carbons (Fsp3) is 0.217. The van der Waals surface area contributed by atoms with Gasteiger partial charge in [0.05, 0.1) is 23.6 Å². The summed E-state index contributed by atoms with van der Waals surface area (Å²) >= 11 is 0. The van der Waals surface area contributed by atoms with Crippen LogP contribution < -0.4 is 10.0 Å². The quantitative estimate of drug-likeness (QED) is 0.506. The molecule has 29 heavy (non-hydrogen) atoms. The lowest BCUT2D eigenvalue weighted by molar-refractivity contribution is 0.277. The highest BCUT2D eigenvalue weighted by molar-refractivity contribution is 7.89. The number of hydrogen-bond donors (Lipinski definition) is 3. The summed E-state index contributed by atoms with van der Waals surface area (Å²) in [5.74, 6) is 0. The van der Waals surface area contributed by atoms with E-state index in [1.165, 1.54) is 0 Å². The maximum atomic E-state index is 13.1. The molecule has 3 aromatic carbocycles. The fourth-order valence-corrected chi connectivity index (χ4v) is 4.49. The Morgan fingerprint density at radius 3 is 1.83 bits per heavy atom. The summed E-state index contributed by atoms with van der Waals surface area (Å²) in [6.45, 7) is 2.21. The molecule has 6 heteroatoms. The van der Waals surface area contributed by atoms with Gasteiger partial charge in [-0.25, -0.2) is 13.1 Å². The molecule has 2 atom stereocenters. The van der Waals surface area contributed by atoms with Crippen LogP contribution in [0.4, 0.5) is 0 Å². The number of aliphatic hydroxyl groups excluding tert-OH is 1. The predicted molar refractivity (Wildman–Crippen MR) is 115 cm³/mol. The Kier molecular flexibility index (Phi) is 7.17. The molecule has 0 aliphatic heterocycles. The van der Waals surface area contributed by atoms with Gasteiger partial charge in [0.1, 0.15) is 0 Å². The third-order valence-corrected chi connectivity index (χ3v) is 6.20. The molecule has 5 nitrogen and oxygen atoms in total. The second-order valence-corrected chi connectivity index (χ2v) is 8.60. The van der Waals surface area contributed by atoms with Crippen LogP contribution in [0.1, 0.15) is 28.8 Å². The van der Waals surface area contributed by atoms with Crippen LogP contribution >= 0.6 is 0 Å². The Bertz CT molecular complexity index is 991. The van der Waals surface area contributed by atoms with E-state index >= 15 is 0 Å². The highest BCUT2D eigenvalue weighted by Crippen LogP contribution is 2.30. The largest absolute Gasteiger partial charge is 0.395 e. The van der Waals surface area contributed by atoms with Crippen LogP contribution in [-0.4, -0.2) is 26.7 Å². The van der Waals surface area contributed by atoms with E-state index in [2.05, 4.69) is 10.0 Å². The summed E-state index contributed by atoms with van der Waals surface area (Å²) in [5, 5.41) is 12.6. The van der Waals surface area contributed by atoms with Crippen molar-refractivity contribution >= 4 is 10.0 Å². The van der Waals surface area contributed by atoms with E-state index in [0.717, 1.165) is 16.7 Å². The van der Waals surface area contributed by atoms with E-state index in [1.54, 1.807) is 24.3 Å². The van der Waals surface area contributed by atoms with Gasteiger partial charge in [-0.2, -0.15) is 0 Å². The first kappa shape index (κ1) is 21.2. The normalized spacial score (nSPS) is 13.7. The van der Waals surface area contributed by atoms with Crippen LogP contribution in [0, 0.1) is 6.92 Å². The summed E-state index contributed by atoms with van der Waals surface area (Å²) in [6.07, 6.45) is 0. The van der Waals surface area contributed by atoms with E-state index < -0.39 is 16.1 Å². The molecule has 0 heterocycles. The monoisotopic (exact) mass is 410 g/mol. The maximum absolute atomic E-state index is 13.1. The standard InChI is InChI=1S/C23H26N2O3S/c1-18-12-14-21(15-13-18)29(27,28)25-23(20-10-6-3-7-11-20)22(24-16-17-26)19-8-4-2-5-9-19/h2-15,22-26H,16-17H2,1H3/t22-,23+/m0/s1. The van der Waals surface area contributed by atoms with Crippen LogP contribution in [0.25, 0.3) is 0 Å². The van der Waals surface area contributed by atoms with Crippen molar-refractivity contribution < 1.29 is 13.5 Å². The number of sulfonamides is 1. The molecule has 0 unspecified atom stereocenters. The van der Waals surface area contributed by atoms with E-state index in [9.17, 15) is 13.5 Å². The van der Waals surface area contributed by atoms with Crippen LogP contribution in [0.2, 0.25) is 0 Å². The van der Waals surface area contributed by atoms with Gasteiger partial charge in [0.15, 0.2) is 0 Å². The summed E-state index contributed by atoms with van der Waals surface area (Å²) < 4.78 is 29.2. The van der Waals surface area contributed by atoms with Crippen molar-refractivity contribution in [1.29, 1.82) is 0 Å². The predicted octanol–water partition coefficient (Wildman–Crippen LogP) is 3.34. The first-order valence-corrected chi connectivity index (χ1v) is 11.0. The van der Waals surface area contributed by atoms with Crippen molar-refractivity contribution in [1.82, 2.24) is 10.0 Å². The number of nitrogens with one attached hydrogen (secondary N) is 2. The molecule has 3 aromatic rings. The highest BCUT2D eigenvalue weighted by atomic mass is 32.2. The van der Waals surface area contributed by atoms with Gasteiger partial charge < -0.3 is 10.4 Å². The van der Waals surface area contributed by atoms with Gasteiger partial charge in [0.25, 0.3) is 0 Å². The Morgan fingerprint density at radius 2 is 1.31 bits per heavy atom. The van der Waals surface area contributed by atoms with Crippen molar-refractivity contribution in [2.24, 2.45) is 0 Å². The summed E-state index contributed by atoms with van der Waals surface area (Å²) in [6, 6.07) is 25.0. The third-order valence-electron chi connectivity index (χ3n) is 4.74. The molecule has 0 bridgehead atoms. The Labute approximate surface area is 172 Å². The second kappa shape index (κ2) is 9.80. The van der Waals surface area contributed by atoms with Crippen molar-refractivity contribution in [2.75, 3.05) is 13.2 Å². The van der Waals surface area contributed by atoms with Crippen LogP contribution in [-0.2, 0) is 10.0 Å². The minimum absolute atomic E-state index is 0.0461. The molecule has 3 rings (SSSR count). The molecule has 152 valence electrons. The minimum atomic E-state index is -3.75. The lowest BCUT2D eigenvalue weighted by atomic mass is 9.94. The zero-order valence-electron chi connectivity index (χ0n) is 16.3. The number of benzene rings is 3. The first-order valence-electron chi connectivity index (χ1n) is 9.54. The van der Waals surface area contributed by atoms with Crippen molar-refractivity contribution in [3.05, 3.63) is 102 Å². The topological polar surface area (TPSA) is 78.4 Å². The summed E-state index contributed by atoms with van der Waals surface area (Å²) in [7, 11) is -3.75. The van der Waals surface area contributed by atoms with Gasteiger partial charge in [-0.3, -0.25) is 0 Å². The van der Waals surface area contributed by atoms with Gasteiger partial charge >= 0.3 is 0 Å². The van der Waals surface area contributed by atoms with E-state index in [4.69, 9.17) is 0 Å². The molecule has 0 saturated heterocycles. The van der Waals surface area contributed by atoms with Crippen molar-refractivity contribution in [3.63, 3.8) is 0 Å². The summed E-state index contributed by atoms with van der Waals surface area (Å²) in [5.41, 5.74) is 2.76. The SMILES string of the molecule is Cc1ccc(S(=O)(=O)N[C@H](c2ccccc2)[C@@H](NCCO)c2ccccc2)cc1. The minimum Gasteiger partial charge on any atom is -0.395 e. The number of rotatable bonds is 9. The number of aryl methyl sites for hydroxylation is 1. The second-order valence-electron chi connectivity index (χ2n) is 6.89. The average molecular weight is 411 g/mol. The molecular weight excluding hydrogens is 384 g/mol. The lowest BCUT2D eigenvalue weighted by Gasteiger charge is -2.30. The zero-order chi connectivity index (χ0) is 20.7. The van der Waals surface area contributed by atoms with Gasteiger partial charge in [-0.05, 0) is 30.2 Å². The molecular formula is C23H26N2O3S. The Hall–Kier alpha value is -2.51. The van der Waals surface area contributed by atoms with Crippen LogP contribution in [0.5, 0.6) is 0 Å². The van der Waals surface area contributed by atoms with Gasteiger partial charge in [0.2, 0.25) is 10.0 Å². The van der Waals surface area contributed by atoms with Crippen LogP contribution in [0.15, 0.2) is 89.8 Å². The number of hydrogen-bond acceptors (Lipinski definition) is 4. The van der Waals surface area contributed by atoms with Crippen molar-refractivity contribution in [3.8, 4) is 0 Å². The molecule has 0 aliphatic rings. The molecule has 0 saturated carbocycles. The Balaban J connectivity index is 2.02. The van der Waals surface area contributed by atoms with Gasteiger partial charge in [-0.15, -0.1) is 0 Å². The van der Waals surface area contributed by atoms with Gasteiger partial charge in [0, 0.05) is 6.54 Å². The molecule has 0 aliphatic carbocycles. The molecule has 0 aromatic heterocycles. The van der Waals surface area contributed by atoms with E-state index in [-0.39, 0.29) is 17.5 Å². The first-order chi connectivity index (χ1) is 14.0. The molecule has 0 radical (unpaired) electrons. The van der Waals surface area contributed by atoms with E-state index in [1.807, 2.05) is 67.6 Å². The third kappa shape index (κ3) is 5.52. The smallest absolute Gasteiger partial charge is 0.241 e. The Morgan fingerprint density at radius 1 is 0.793 bits per heavy atom. The molecule has 0 spiro atoms. The fourth-order valence-electron chi connectivity index (χ4n) is 3.25. The molecule has 3 N–H and O–H groups in total. The zero-order valence-corrected chi connectivity index (χ0v) is 17.1. The summed E-state index contributed by atoms with van der Waals surface area (Å²) in [4.78, 5) is 0.220. The maximum Gasteiger partial charge on any atom is 0.241 e. The average Bonchev–Trinajstić information content (AvgIpc) is 2.75. The molecule has 0 amide bonds. The van der Waals surface area contributed by atoms with Crippen LogP contribution in [0.3, 0.4) is 0 Å². The van der Waals surface area contributed by atoms with Crippen molar-refractivity contribution in [2.45, 2.75) is 23.9 Å². The highest BCUT2D eigenvalue weighted by Gasteiger charge is 2.29. The van der Waals surface area contributed by atoms with Gasteiger partial charge in [-0.1, -0.05) is 78.4 Å².